The molecule has 16 heavy (non-hydrogen) atoms. The molecule has 0 atom stereocenters. The number of hydrogen-bond acceptors (Lipinski definition) is 2. The zero-order valence-electron chi connectivity index (χ0n) is 9.82. The van der Waals surface area contributed by atoms with E-state index < -0.39 is 12.7 Å². The predicted molar refractivity (Wildman–Crippen MR) is 58.4 cm³/mol. The maximum atomic E-state index is 12.2. The topological polar surface area (TPSA) is 15.3 Å². The van der Waals surface area contributed by atoms with Gasteiger partial charge in [-0.05, 0) is 51.4 Å². The molecule has 0 saturated carbocycles. The zero-order valence-corrected chi connectivity index (χ0v) is 9.82. The Kier molecular flexibility index (Phi) is 5.55. The Morgan fingerprint density at radius 3 is 2.38 bits per heavy atom. The van der Waals surface area contributed by atoms with E-state index in [0.717, 1.165) is 32.4 Å². The molecule has 0 radical (unpaired) electrons. The van der Waals surface area contributed by atoms with Crippen molar-refractivity contribution in [3.05, 3.63) is 0 Å². The fourth-order valence-corrected chi connectivity index (χ4v) is 2.14. The van der Waals surface area contributed by atoms with Crippen LogP contribution in [0.3, 0.4) is 0 Å². The average molecular weight is 238 g/mol. The van der Waals surface area contributed by atoms with Crippen molar-refractivity contribution in [2.45, 2.75) is 32.4 Å². The molecule has 0 spiro atoms. The van der Waals surface area contributed by atoms with E-state index in [4.69, 9.17) is 0 Å². The molecule has 0 aromatic rings. The number of hydrogen-bond donors (Lipinski definition) is 1. The van der Waals surface area contributed by atoms with Gasteiger partial charge in [-0.25, -0.2) is 0 Å². The van der Waals surface area contributed by atoms with Crippen molar-refractivity contribution in [3.63, 3.8) is 0 Å². The van der Waals surface area contributed by atoms with Gasteiger partial charge < -0.3 is 5.32 Å². The lowest BCUT2D eigenvalue weighted by atomic mass is 9.94. The lowest BCUT2D eigenvalue weighted by molar-refractivity contribution is -0.145. The molecule has 5 heteroatoms. The van der Waals surface area contributed by atoms with Crippen molar-refractivity contribution in [1.82, 2.24) is 10.2 Å². The Bertz CT molecular complexity index is 188. The van der Waals surface area contributed by atoms with Crippen LogP contribution in [-0.4, -0.2) is 43.8 Å². The van der Waals surface area contributed by atoms with Crippen LogP contribution in [0.15, 0.2) is 0 Å². The minimum atomic E-state index is -4.07. The minimum absolute atomic E-state index is 0.477. The SMILES string of the molecule is CCN(CCC1CCNCC1)CC(F)(F)F. The summed E-state index contributed by atoms with van der Waals surface area (Å²) in [5, 5.41) is 3.26. The monoisotopic (exact) mass is 238 g/mol. The van der Waals surface area contributed by atoms with E-state index in [1.165, 1.54) is 4.90 Å². The highest BCUT2D eigenvalue weighted by Crippen LogP contribution is 2.19. The number of halogens is 3. The van der Waals surface area contributed by atoms with Gasteiger partial charge in [0.15, 0.2) is 0 Å². The summed E-state index contributed by atoms with van der Waals surface area (Å²) in [6.07, 6.45) is -0.969. The second-order valence-corrected chi connectivity index (χ2v) is 4.47. The summed E-state index contributed by atoms with van der Waals surface area (Å²) in [4.78, 5) is 1.49. The van der Waals surface area contributed by atoms with E-state index in [9.17, 15) is 13.2 Å². The van der Waals surface area contributed by atoms with Crippen LogP contribution < -0.4 is 5.32 Å². The summed E-state index contributed by atoms with van der Waals surface area (Å²) in [6, 6.07) is 0. The van der Waals surface area contributed by atoms with E-state index in [1.54, 1.807) is 6.92 Å². The molecule has 1 heterocycles. The molecule has 1 N–H and O–H groups in total. The molecule has 0 aromatic carbocycles. The van der Waals surface area contributed by atoms with Gasteiger partial charge in [-0.3, -0.25) is 4.90 Å². The van der Waals surface area contributed by atoms with Gasteiger partial charge in [-0.1, -0.05) is 6.92 Å². The van der Waals surface area contributed by atoms with Crippen molar-refractivity contribution in [1.29, 1.82) is 0 Å². The second kappa shape index (κ2) is 6.45. The van der Waals surface area contributed by atoms with Crippen LogP contribution in [0.2, 0.25) is 0 Å². The van der Waals surface area contributed by atoms with E-state index in [-0.39, 0.29) is 0 Å². The van der Waals surface area contributed by atoms with Gasteiger partial charge in [0.2, 0.25) is 0 Å². The molecule has 0 aliphatic carbocycles. The Balaban J connectivity index is 2.22. The third-order valence-corrected chi connectivity index (χ3v) is 3.16. The normalized spacial score (nSPS) is 19.3. The zero-order chi connectivity index (χ0) is 12.0. The van der Waals surface area contributed by atoms with Gasteiger partial charge in [0, 0.05) is 0 Å². The highest BCUT2D eigenvalue weighted by atomic mass is 19.4. The van der Waals surface area contributed by atoms with Gasteiger partial charge in [0.25, 0.3) is 0 Å². The summed E-state index contributed by atoms with van der Waals surface area (Å²) in [5.41, 5.74) is 0. The first kappa shape index (κ1) is 13.8. The van der Waals surface area contributed by atoms with Gasteiger partial charge in [0.1, 0.15) is 0 Å². The summed E-state index contributed by atoms with van der Waals surface area (Å²) in [5.74, 6) is 0.600. The molecule has 1 fully saturated rings. The molecule has 0 amide bonds. The largest absolute Gasteiger partial charge is 0.401 e. The maximum Gasteiger partial charge on any atom is 0.401 e. The molecule has 1 aliphatic heterocycles. The van der Waals surface area contributed by atoms with Gasteiger partial charge >= 0.3 is 6.18 Å². The molecular formula is C11H21F3N2. The van der Waals surface area contributed by atoms with Crippen LogP contribution in [-0.2, 0) is 0 Å². The van der Waals surface area contributed by atoms with Crippen LogP contribution in [0.1, 0.15) is 26.2 Å². The molecule has 96 valence electrons. The highest BCUT2D eigenvalue weighted by Gasteiger charge is 2.30. The lowest BCUT2D eigenvalue weighted by Crippen LogP contribution is -2.36. The molecule has 2 nitrogen and oxygen atoms in total. The lowest BCUT2D eigenvalue weighted by Gasteiger charge is -2.27. The van der Waals surface area contributed by atoms with Gasteiger partial charge in [-0.2, -0.15) is 13.2 Å². The fraction of sp³-hybridized carbons (Fsp3) is 1.00. The quantitative estimate of drug-likeness (QED) is 0.790. The molecule has 1 aliphatic rings. The first-order valence-electron chi connectivity index (χ1n) is 6.01. The van der Waals surface area contributed by atoms with Crippen molar-refractivity contribution in [3.8, 4) is 0 Å². The Morgan fingerprint density at radius 1 is 1.25 bits per heavy atom. The highest BCUT2D eigenvalue weighted by molar-refractivity contribution is 4.71. The van der Waals surface area contributed by atoms with Gasteiger partial charge in [-0.15, -0.1) is 0 Å². The summed E-state index contributed by atoms with van der Waals surface area (Å²) < 4.78 is 36.6. The minimum Gasteiger partial charge on any atom is -0.317 e. The van der Waals surface area contributed by atoms with Crippen molar-refractivity contribution >= 4 is 0 Å². The van der Waals surface area contributed by atoms with Crippen molar-refractivity contribution in [2.24, 2.45) is 5.92 Å². The van der Waals surface area contributed by atoms with Crippen LogP contribution >= 0.6 is 0 Å². The van der Waals surface area contributed by atoms with Crippen LogP contribution in [0.4, 0.5) is 13.2 Å². The second-order valence-electron chi connectivity index (χ2n) is 4.47. The predicted octanol–water partition coefficient (Wildman–Crippen LogP) is 2.26. The van der Waals surface area contributed by atoms with Crippen LogP contribution in [0, 0.1) is 5.92 Å². The third kappa shape index (κ3) is 5.70. The summed E-state index contributed by atoms with van der Waals surface area (Å²) in [7, 11) is 0. The fourth-order valence-electron chi connectivity index (χ4n) is 2.14. The Hall–Kier alpha value is -0.290. The molecule has 1 saturated heterocycles. The molecular weight excluding hydrogens is 217 g/mol. The van der Waals surface area contributed by atoms with Crippen molar-refractivity contribution < 1.29 is 13.2 Å². The standard InChI is InChI=1S/C11H21F3N2/c1-2-16(9-11(12,13)14)8-5-10-3-6-15-7-4-10/h10,15H,2-9H2,1H3. The molecule has 0 bridgehead atoms. The number of piperidine rings is 1. The number of alkyl halides is 3. The van der Waals surface area contributed by atoms with Crippen LogP contribution in [0.25, 0.3) is 0 Å². The maximum absolute atomic E-state index is 12.2. The van der Waals surface area contributed by atoms with Crippen LogP contribution in [0.5, 0.6) is 0 Å². The number of nitrogens with zero attached hydrogens (tertiary/aromatic N) is 1. The summed E-state index contributed by atoms with van der Waals surface area (Å²) in [6.45, 7) is 4.08. The third-order valence-electron chi connectivity index (χ3n) is 3.16. The average Bonchev–Trinajstić information content (AvgIpc) is 2.24. The first-order valence-corrected chi connectivity index (χ1v) is 6.01. The number of nitrogens with one attached hydrogen (secondary N) is 1. The van der Waals surface area contributed by atoms with E-state index >= 15 is 0 Å². The number of rotatable bonds is 5. The Morgan fingerprint density at radius 2 is 1.88 bits per heavy atom. The van der Waals surface area contributed by atoms with E-state index in [2.05, 4.69) is 5.32 Å². The smallest absolute Gasteiger partial charge is 0.317 e. The molecule has 0 unspecified atom stereocenters. The van der Waals surface area contributed by atoms with E-state index in [0.29, 0.717) is 19.0 Å². The Labute approximate surface area is 95.2 Å². The van der Waals surface area contributed by atoms with Gasteiger partial charge in [0.05, 0.1) is 6.54 Å². The molecule has 1 rings (SSSR count). The first-order chi connectivity index (χ1) is 7.51. The summed E-state index contributed by atoms with van der Waals surface area (Å²) >= 11 is 0. The van der Waals surface area contributed by atoms with Crippen molar-refractivity contribution in [2.75, 3.05) is 32.7 Å². The molecule has 0 aromatic heterocycles. The van der Waals surface area contributed by atoms with E-state index in [1.807, 2.05) is 0 Å².